The number of nitrogens with zero attached hydrogens (tertiary/aromatic N) is 1. The third-order valence-corrected chi connectivity index (χ3v) is 20.4. The lowest BCUT2D eigenvalue weighted by molar-refractivity contribution is -0.143. The molecule has 2 aliphatic rings. The van der Waals surface area contributed by atoms with Crippen molar-refractivity contribution in [3.05, 3.63) is 0 Å². The number of amides is 18. The maximum absolute atomic E-state index is 14.1. The van der Waals surface area contributed by atoms with E-state index in [1.165, 1.54) is 27.7 Å². The van der Waals surface area contributed by atoms with Gasteiger partial charge in [-0.2, -0.15) is 0 Å². The number of carboxylic acid groups (broad SMARTS) is 1. The molecule has 2 fully saturated rings. The van der Waals surface area contributed by atoms with Crippen LogP contribution in [-0.2, 0) is 91.1 Å². The van der Waals surface area contributed by atoms with Crippen LogP contribution in [0.2, 0.25) is 0 Å². The number of aliphatic hydroxyl groups excluding tert-OH is 4. The summed E-state index contributed by atoms with van der Waals surface area (Å²) in [5.74, 6) is -19.7. The molecule has 0 aromatic carbocycles. The van der Waals surface area contributed by atoms with Crippen LogP contribution in [0, 0.1) is 23.7 Å². The number of nitrogens with one attached hydrogen (secondary N) is 18. The van der Waals surface area contributed by atoms with Gasteiger partial charge in [-0.25, -0.2) is 4.79 Å². The van der Waals surface area contributed by atoms with Gasteiger partial charge >= 0.3 is 5.97 Å². The Labute approximate surface area is 703 Å². The molecule has 0 saturated carbocycles. The molecule has 2 rings (SSSR count). The fraction of sp³-hybridized carbons (Fsp3) is 0.750. The lowest BCUT2D eigenvalue weighted by Gasteiger charge is -2.31. The van der Waals surface area contributed by atoms with Gasteiger partial charge in [0.25, 0.3) is 0 Å². The number of hydrogen-bond donors (Lipinski definition) is 25. The molecule has 0 radical (unpaired) electrons. The lowest BCUT2D eigenvalue weighted by atomic mass is 9.96. The van der Waals surface area contributed by atoms with E-state index in [4.69, 9.17) is 11.5 Å². The second-order valence-corrected chi connectivity index (χ2v) is 31.3. The molecule has 20 atom stereocenters. The Hall–Kier alpha value is -10.3. The number of aliphatic hydroxyl groups is 4. The van der Waals surface area contributed by atoms with Gasteiger partial charge in [0.1, 0.15) is 78.5 Å². The Morgan fingerprint density at radius 1 is 0.364 bits per heavy atom. The van der Waals surface area contributed by atoms with Crippen LogP contribution >= 0.6 is 0 Å². The molecule has 0 bridgehead atoms. The Morgan fingerprint density at radius 2 is 0.694 bits per heavy atom. The normalized spacial score (nSPS) is 18.2. The summed E-state index contributed by atoms with van der Waals surface area (Å²) in [5, 5.41) is 96.1. The molecular weight excluding hydrogens is 1590 g/mol. The summed E-state index contributed by atoms with van der Waals surface area (Å²) in [6, 6.07) is -19.0. The Morgan fingerprint density at radius 3 is 1.05 bits per heavy atom. The molecule has 0 spiro atoms. The first-order chi connectivity index (χ1) is 56.8. The van der Waals surface area contributed by atoms with Crippen molar-refractivity contribution in [2.75, 3.05) is 58.9 Å². The first-order valence-electron chi connectivity index (χ1n) is 41.1. The molecule has 27 N–H and O–H groups in total. The fourth-order valence-corrected chi connectivity index (χ4v) is 12.6. The molecule has 0 aromatic heterocycles. The van der Waals surface area contributed by atoms with Crippen molar-refractivity contribution < 1.29 is 117 Å². The van der Waals surface area contributed by atoms with E-state index in [2.05, 4.69) is 95.7 Å². The van der Waals surface area contributed by atoms with Gasteiger partial charge in [0.05, 0.1) is 63.2 Å². The molecule has 18 amide bonds. The standard InChI is InChI=1S/C76H133N21O24/c1-15-38(7)57(91-74(118)61(44(13)100)93-67(111)46-25-21-29-79-46)72(116)95-59(42(11)98)70(114)82-33-52(104)87-47(23-17-19-27-77)65(109)80-31-50(102)85-40(9)63(107)89-55(36(3)4)69(113)84-35-54(106)97-30-22-26-49(97)68(112)94-62(45(14)101)75(119)92-58(39(8)16-2)73(117)96-60(43(12)99)71(115)83-34-53(105)88-48(24-18-20-28-78)66(110)81-32-51(103)86-41(10)64(108)90-56(37(5)6)76(120)121/h36-49,55-62,79,98-101H,15-35,77-78H2,1-14H3,(H,80,109)(H,81,110)(H,82,114)(H,83,115)(H,84,113)(H,85,102)(H,86,103)(H,87,104)(H,88,105)(H,89,107)(H,90,108)(H,91,118)(H,92,119)(H,93,111)(H,94,112)(H,95,116)(H,96,117)(H,120,121)/t38-,39-,40-,41-,42+,43+,44+,45+,46-,47-,48-,49-,55-,56-,57-,58-,59-,60-,61-,62-/m0/s1. The average Bonchev–Trinajstić information content (AvgIpc) is 1.76. The molecule has 121 heavy (non-hydrogen) atoms. The van der Waals surface area contributed by atoms with Gasteiger partial charge in [0, 0.05) is 6.54 Å². The fourth-order valence-electron chi connectivity index (χ4n) is 12.6. The maximum Gasteiger partial charge on any atom is 0.326 e. The van der Waals surface area contributed by atoms with Gasteiger partial charge in [-0.1, -0.05) is 68.2 Å². The minimum atomic E-state index is -1.77. The number of carboxylic acids is 1. The third-order valence-electron chi connectivity index (χ3n) is 20.4. The highest BCUT2D eigenvalue weighted by molar-refractivity contribution is 6.01. The molecule has 0 aliphatic carbocycles. The molecule has 0 unspecified atom stereocenters. The molecular formula is C76H133N21O24. The summed E-state index contributed by atoms with van der Waals surface area (Å²) in [6.45, 7) is 17.6. The van der Waals surface area contributed by atoms with Gasteiger partial charge in [-0.3, -0.25) is 86.3 Å². The minimum Gasteiger partial charge on any atom is -0.480 e. The molecule has 0 aromatic rings. The Bertz CT molecular complexity index is 3530. The lowest BCUT2D eigenvalue weighted by Crippen LogP contribution is -2.62. The van der Waals surface area contributed by atoms with Crippen molar-refractivity contribution in [1.29, 1.82) is 0 Å². The van der Waals surface area contributed by atoms with Gasteiger partial charge < -0.3 is 138 Å². The maximum atomic E-state index is 14.1. The average molecular weight is 1730 g/mol. The van der Waals surface area contributed by atoms with Crippen molar-refractivity contribution in [3.63, 3.8) is 0 Å². The van der Waals surface area contributed by atoms with Gasteiger partial charge in [-0.15, -0.1) is 0 Å². The molecule has 2 saturated heterocycles. The number of hydrogen-bond acceptors (Lipinski definition) is 26. The van der Waals surface area contributed by atoms with Crippen LogP contribution in [0.5, 0.6) is 0 Å². The van der Waals surface area contributed by atoms with Crippen LogP contribution in [0.1, 0.15) is 174 Å². The highest BCUT2D eigenvalue weighted by atomic mass is 16.4. The van der Waals surface area contributed by atoms with E-state index >= 15 is 0 Å². The van der Waals surface area contributed by atoms with Crippen LogP contribution in [0.15, 0.2) is 0 Å². The van der Waals surface area contributed by atoms with E-state index in [-0.39, 0.29) is 51.7 Å². The predicted octanol–water partition coefficient (Wildman–Crippen LogP) is -9.56. The predicted molar refractivity (Wildman–Crippen MR) is 434 cm³/mol. The Balaban J connectivity index is 2.07. The van der Waals surface area contributed by atoms with Gasteiger partial charge in [-0.05, 0) is 149 Å². The molecule has 45 nitrogen and oxygen atoms in total. The van der Waals surface area contributed by atoms with Crippen LogP contribution in [-0.4, -0.2) is 311 Å². The number of carbonyl (C=O) groups is 19. The smallest absolute Gasteiger partial charge is 0.326 e. The summed E-state index contributed by atoms with van der Waals surface area (Å²) in [4.78, 5) is 255. The second-order valence-electron chi connectivity index (χ2n) is 31.3. The van der Waals surface area contributed by atoms with Crippen LogP contribution in [0.3, 0.4) is 0 Å². The number of unbranched alkanes of at least 4 members (excludes halogenated alkanes) is 2. The summed E-state index contributed by atoms with van der Waals surface area (Å²) < 4.78 is 0. The van der Waals surface area contributed by atoms with Crippen molar-refractivity contribution in [1.82, 2.24) is 101 Å². The van der Waals surface area contributed by atoms with E-state index in [0.717, 1.165) is 25.2 Å². The summed E-state index contributed by atoms with van der Waals surface area (Å²) in [7, 11) is 0. The quantitative estimate of drug-likeness (QED) is 0.0252. The second kappa shape index (κ2) is 54.1. The third kappa shape index (κ3) is 36.9. The number of rotatable bonds is 54. The minimum absolute atomic E-state index is 0.00135. The summed E-state index contributed by atoms with van der Waals surface area (Å²) in [6.07, 6.45) is -2.60. The van der Waals surface area contributed by atoms with E-state index in [0.29, 0.717) is 45.1 Å². The van der Waals surface area contributed by atoms with Crippen molar-refractivity contribution in [3.8, 4) is 0 Å². The van der Waals surface area contributed by atoms with E-state index in [1.807, 2.05) is 0 Å². The zero-order chi connectivity index (χ0) is 91.8. The largest absolute Gasteiger partial charge is 0.480 e. The van der Waals surface area contributed by atoms with E-state index in [1.54, 1.807) is 55.4 Å². The van der Waals surface area contributed by atoms with Gasteiger partial charge in [0.15, 0.2) is 0 Å². The van der Waals surface area contributed by atoms with Crippen molar-refractivity contribution >= 4 is 112 Å². The first-order valence-corrected chi connectivity index (χ1v) is 41.1. The number of aliphatic carboxylic acids is 1. The highest BCUT2D eigenvalue weighted by Crippen LogP contribution is 2.20. The van der Waals surface area contributed by atoms with Crippen molar-refractivity contribution in [2.45, 2.75) is 283 Å². The number of carbonyl (C=O) groups excluding carboxylic acids is 18. The number of nitrogens with two attached hydrogens (primary N) is 2. The number of likely N-dealkylation sites (tertiary alicyclic amines) is 1. The SMILES string of the molecule is CC[C@H](C)[C@H](NC(=O)[C@@H](NC(=O)[C@@H]1CCCN1)[C@@H](C)O)C(=O)N[C@H](C(=O)NCC(=O)N[C@@H](CCCCN)C(=O)NCC(=O)N[C@@H](C)C(=O)N[C@H](C(=O)NCC(=O)N1CCC[C@H]1C(=O)N[C@H](C(=O)N[C@H](C(=O)N[C@H](C(=O)NCC(=O)N[C@@H](CCCCN)C(=O)NCC(=O)N[C@@H](C)C(=O)N[C@H](C(=O)O)C(C)C)[C@@H](C)O)[C@@H](C)CC)[C@@H](C)O)C(C)C)[C@@H](C)O. The first kappa shape index (κ1) is 107. The molecule has 2 aliphatic heterocycles. The van der Waals surface area contributed by atoms with E-state index < -0.39 is 278 Å². The molecule has 686 valence electrons. The van der Waals surface area contributed by atoms with E-state index in [9.17, 15) is 117 Å². The highest BCUT2D eigenvalue weighted by Gasteiger charge is 2.42. The zero-order valence-electron chi connectivity index (χ0n) is 71.6. The monoisotopic (exact) mass is 1720 g/mol. The van der Waals surface area contributed by atoms with Gasteiger partial charge in [0.2, 0.25) is 106 Å². The molecule has 45 heteroatoms. The molecule has 2 heterocycles. The topological polar surface area (TPSA) is 697 Å². The van der Waals surface area contributed by atoms with Crippen LogP contribution in [0.4, 0.5) is 0 Å². The Kier molecular flexibility index (Phi) is 47.7. The van der Waals surface area contributed by atoms with Crippen LogP contribution in [0.25, 0.3) is 0 Å². The zero-order valence-corrected chi connectivity index (χ0v) is 71.6. The summed E-state index contributed by atoms with van der Waals surface area (Å²) in [5.41, 5.74) is 11.3. The summed E-state index contributed by atoms with van der Waals surface area (Å²) >= 11 is 0. The van der Waals surface area contributed by atoms with Crippen molar-refractivity contribution in [2.24, 2.45) is 35.1 Å². The van der Waals surface area contributed by atoms with Crippen LogP contribution < -0.4 is 107 Å².